The maximum atomic E-state index is 13.3. The van der Waals surface area contributed by atoms with Crippen LogP contribution in [0.1, 0.15) is 189 Å². The van der Waals surface area contributed by atoms with Crippen LogP contribution in [0.2, 0.25) is 25.1 Å². The van der Waals surface area contributed by atoms with Crippen molar-refractivity contribution in [3.63, 3.8) is 0 Å². The molecule has 1 aromatic heterocycles. The molecule has 18 rings (SSSR count). The number of ketones is 1. The molecule has 10 aromatic rings. The molecule has 5 saturated heterocycles. The number of likely N-dealkylation sites (N-methyl/N-ethyl adjacent to an activating group) is 2. The smallest absolute Gasteiger partial charge is 0.329 e. The number of methoxy groups -OCH3 is 1. The molecular weight excluding hydrogens is 1930 g/mol. The fourth-order valence-electron chi connectivity index (χ4n) is 20.5. The van der Waals surface area contributed by atoms with Gasteiger partial charge >= 0.3 is 5.69 Å². The molecule has 143 heavy (non-hydrogen) atoms. The first-order chi connectivity index (χ1) is 68.9. The summed E-state index contributed by atoms with van der Waals surface area (Å²) in [6.07, 6.45) is 9.09. The highest BCUT2D eigenvalue weighted by Crippen LogP contribution is 2.47. The van der Waals surface area contributed by atoms with Crippen LogP contribution in [0.25, 0.3) is 11.0 Å². The van der Waals surface area contributed by atoms with Crippen molar-refractivity contribution in [2.24, 2.45) is 9.98 Å². The van der Waals surface area contributed by atoms with Crippen LogP contribution in [0, 0.1) is 5.82 Å². The van der Waals surface area contributed by atoms with Crippen molar-refractivity contribution in [1.29, 1.82) is 0 Å². The van der Waals surface area contributed by atoms with E-state index in [-0.39, 0.29) is 92.1 Å². The van der Waals surface area contributed by atoms with E-state index in [4.69, 9.17) is 86.9 Å². The molecule has 2 amide bonds. The number of carbonyl (C=O) groups is 3. The summed E-state index contributed by atoms with van der Waals surface area (Å²) >= 11 is 32.6. The number of halogens is 6. The van der Waals surface area contributed by atoms with Gasteiger partial charge in [-0.15, -0.1) is 0 Å². The van der Waals surface area contributed by atoms with Gasteiger partial charge in [-0.2, -0.15) is 0 Å². The maximum absolute atomic E-state index is 13.3. The van der Waals surface area contributed by atoms with Crippen LogP contribution in [-0.2, 0) is 31.0 Å². The fraction of sp³-hybridized carbons (Fsp3) is 0.469. The zero-order chi connectivity index (χ0) is 102. The number of hydrogen-bond acceptors (Lipinski definition) is 20. The Bertz CT molecular complexity index is 6050. The summed E-state index contributed by atoms with van der Waals surface area (Å²) < 4.78 is 39.8. The Morgan fingerprint density at radius 3 is 1.85 bits per heavy atom. The van der Waals surface area contributed by atoms with E-state index >= 15 is 0 Å². The molecule has 9 aromatic carbocycles. The Kier molecular flexibility index (Phi) is 39.6. The maximum Gasteiger partial charge on any atom is 0.329 e. The second-order valence-corrected chi connectivity index (χ2v) is 42.6. The van der Waals surface area contributed by atoms with Crippen LogP contribution in [0.15, 0.2) is 213 Å². The summed E-state index contributed by atoms with van der Waals surface area (Å²) in [6.45, 7) is 43.0. The first-order valence-electron chi connectivity index (χ1n) is 51.0. The third-order valence-electron chi connectivity index (χ3n) is 27.9. The van der Waals surface area contributed by atoms with E-state index in [9.17, 15) is 28.7 Å². The van der Waals surface area contributed by atoms with Crippen LogP contribution in [0.3, 0.4) is 0 Å². The van der Waals surface area contributed by atoms with Gasteiger partial charge in [-0.05, 0) is 280 Å². The molecule has 0 radical (unpaired) electrons. The predicted octanol–water partition coefficient (Wildman–Crippen LogP) is 23.4. The molecule has 1 atom stereocenters. The number of piperidine rings is 2. The number of ether oxygens (including phenoxy) is 4. The summed E-state index contributed by atoms with van der Waals surface area (Å²) in [6, 6.07) is 61.6. The molecule has 8 aliphatic heterocycles. The highest BCUT2D eigenvalue weighted by Gasteiger charge is 2.40. The number of carbonyl (C=O) groups excluding carboxylic acids is 3. The van der Waals surface area contributed by atoms with Gasteiger partial charge in [-0.3, -0.25) is 33.3 Å². The fourth-order valence-corrected chi connectivity index (χ4v) is 22.5. The molecular formula is C113H142Cl5FN14O9S. The van der Waals surface area contributed by atoms with E-state index < -0.39 is 0 Å². The van der Waals surface area contributed by atoms with E-state index in [0.29, 0.717) is 55.3 Å². The molecule has 0 aliphatic carbocycles. The number of rotatable bonds is 28. The number of fused-ring (bicyclic) bond motifs is 6. The Morgan fingerprint density at radius 1 is 0.566 bits per heavy atom. The minimum atomic E-state index is -0.322. The molecule has 0 spiro atoms. The standard InChI is InChI=1S/C26H31ClN4O2.C24H29ClFNO2.C24H31N3O2S.C21H25ClN4.C18H26Cl2N2O3/c1-18(2)30-24-17-20(27)8-9-23(24)31(26(30)33)21-10-14-28(15-11-21)12-5-13-29-22-7-4-3-6-19(22)16-25(29)32;1-18(2)29-24(20-7-9-21(25)10-8-20)13-16-27(17-14-24)15-3-4-23(28)19-5-11-22(26)12-6-19;1-19(2)29-18-17-28-16-15-26-11-13-27(14-12-26)24-20-7-3-5-9-22(20)30-23-10-6-4-8-21(23)25-24;1-15(2)26-19-7-5-4-6-17(19)21(25-12-10-24(3)11-13-25)23-18-14-16(22)8-9-20(18)26;1-5-21-8-6-7-12(21)10-22(11(2)3)18(24)15-16(23)13(19)9-14(20)17(15)25-4/h3-4,6-9,17-18,21H,5,10-16H2,1-2H3;5-12,18H,3-4,13-17H2,1-2H3;3-10,19H,11-18H2,1-2H3;4-9,14-15H,10-13H2,1-3H3;9,11-12,23H,5-8,10H2,1-4H3. The summed E-state index contributed by atoms with van der Waals surface area (Å²) in [7, 11) is 3.59. The molecule has 0 bridgehead atoms. The lowest BCUT2D eigenvalue weighted by molar-refractivity contribution is -0.118. The molecule has 8 aliphatic rings. The average molecular weight is 2070 g/mol. The number of aromatic nitrogens is 2. The zero-order valence-electron chi connectivity index (χ0n) is 85.2. The van der Waals surface area contributed by atoms with E-state index in [1.54, 1.807) is 17.0 Å². The van der Waals surface area contributed by atoms with Gasteiger partial charge in [0, 0.05) is 182 Å². The lowest BCUT2D eigenvalue weighted by atomic mass is 9.83. The number of amidine groups is 2. The number of piperazine rings is 2. The van der Waals surface area contributed by atoms with Gasteiger partial charge in [0.1, 0.15) is 23.1 Å². The van der Waals surface area contributed by atoms with Crippen molar-refractivity contribution in [3.8, 4) is 11.5 Å². The average Bonchev–Trinajstić information content (AvgIpc) is 1.60. The first-order valence-corrected chi connectivity index (χ1v) is 53.7. The van der Waals surface area contributed by atoms with Crippen molar-refractivity contribution in [3.05, 3.63) is 263 Å². The number of benzene rings is 9. The SMILES string of the molecule is CC(C)N1c2ccc(Cl)cc2N=C(N2CCN(C)CC2)c2ccccc21.CC(C)OC1(c2ccc(Cl)cc2)CCN(CCCC(=O)c2ccc(F)cc2)CC1.CC(C)OCCOCCN1CCN(C2=Nc3ccccc3Sc3ccccc32)CC1.CC(C)n1c(=O)n(C2CCN(CCCN3C(=O)Cc4ccccc43)CC2)c2ccc(Cl)cc21.CCN1CCCC1CN(C(=O)c1c(O)c(Cl)cc(Cl)c1OC)C(C)C. The summed E-state index contributed by atoms with van der Waals surface area (Å²) in [5.41, 5.74) is 12.4. The molecule has 1 unspecified atom stereocenters. The summed E-state index contributed by atoms with van der Waals surface area (Å²) in [5, 5.41) is 12.7. The second kappa shape index (κ2) is 51.8. The van der Waals surface area contributed by atoms with Crippen molar-refractivity contribution in [2.75, 3.05) is 168 Å². The Hall–Kier alpha value is -9.39. The largest absolute Gasteiger partial charge is 0.505 e. The van der Waals surface area contributed by atoms with Gasteiger partial charge in [-0.25, -0.2) is 19.2 Å². The molecule has 9 heterocycles. The van der Waals surface area contributed by atoms with E-state index in [2.05, 4.69) is 172 Å². The highest BCUT2D eigenvalue weighted by molar-refractivity contribution is 7.99. The normalized spacial score (nSPS) is 17.3. The summed E-state index contributed by atoms with van der Waals surface area (Å²) in [4.78, 5) is 86.9. The van der Waals surface area contributed by atoms with E-state index in [0.717, 1.165) is 237 Å². The number of hydrogen-bond donors (Lipinski definition) is 1. The lowest BCUT2D eigenvalue weighted by Gasteiger charge is -2.43. The minimum Gasteiger partial charge on any atom is -0.505 e. The first kappa shape index (κ1) is 109. The number of amides is 2. The van der Waals surface area contributed by atoms with Crippen LogP contribution >= 0.6 is 69.8 Å². The van der Waals surface area contributed by atoms with Crippen molar-refractivity contribution in [1.82, 2.24) is 48.3 Å². The number of Topliss-reactive ketones (excluding diaryl/α,β-unsaturated/α-hetero) is 1. The van der Waals surface area contributed by atoms with E-state index in [1.807, 2.05) is 134 Å². The second-order valence-electron chi connectivity index (χ2n) is 39.3. The van der Waals surface area contributed by atoms with Crippen LogP contribution in [0.5, 0.6) is 11.5 Å². The number of para-hydroxylation sites is 3. The molecule has 1 N–H and O–H groups in total. The van der Waals surface area contributed by atoms with Gasteiger partial charge in [0.15, 0.2) is 17.3 Å². The van der Waals surface area contributed by atoms with Gasteiger partial charge in [0.25, 0.3) is 5.91 Å². The quantitative estimate of drug-likeness (QED) is 0.0359. The molecule has 766 valence electrons. The highest BCUT2D eigenvalue weighted by atomic mass is 35.5. The molecule has 5 fully saturated rings. The number of imidazole rings is 1. The summed E-state index contributed by atoms with van der Waals surface area (Å²) in [5.74, 6) is 1.65. The van der Waals surface area contributed by atoms with Gasteiger partial charge in [0.05, 0.1) is 95.0 Å². The number of phenols is 1. The van der Waals surface area contributed by atoms with Gasteiger partial charge < -0.3 is 63.3 Å². The number of likely N-dealkylation sites (tertiary alicyclic amines) is 3. The predicted molar refractivity (Wildman–Crippen MR) is 583 cm³/mol. The Balaban J connectivity index is 0.000000142. The number of aromatic hydroxyl groups is 1. The van der Waals surface area contributed by atoms with Crippen molar-refractivity contribution in [2.45, 2.75) is 198 Å². The third kappa shape index (κ3) is 27.9. The molecule has 30 heteroatoms. The van der Waals surface area contributed by atoms with Crippen LogP contribution in [-0.4, -0.2) is 271 Å². The van der Waals surface area contributed by atoms with Crippen LogP contribution in [0.4, 0.5) is 32.8 Å². The topological polar surface area (TPSA) is 192 Å². The third-order valence-corrected chi connectivity index (χ3v) is 30.3. The lowest BCUT2D eigenvalue weighted by Crippen LogP contribution is -2.49. The zero-order valence-corrected chi connectivity index (χ0v) is 89.8. The van der Waals surface area contributed by atoms with Crippen molar-refractivity contribution < 1.29 is 42.8 Å². The van der Waals surface area contributed by atoms with Gasteiger partial charge in [-0.1, -0.05) is 149 Å². The van der Waals surface area contributed by atoms with Gasteiger partial charge in [0.2, 0.25) is 5.91 Å². The molecule has 23 nitrogen and oxygen atoms in total. The monoisotopic (exact) mass is 2060 g/mol. The number of anilines is 3. The Labute approximate surface area is 874 Å². The minimum absolute atomic E-state index is 0.0229. The number of nitrogens with zero attached hydrogens (tertiary/aromatic N) is 14. The number of aliphatic imine (C=N–C) groups is 2. The molecule has 0 saturated carbocycles. The van der Waals surface area contributed by atoms with Crippen molar-refractivity contribution >= 4 is 139 Å². The van der Waals surface area contributed by atoms with Crippen LogP contribution < -0.4 is 20.2 Å². The number of phenolic OH excluding ortho intramolecular Hbond substituents is 1. The Morgan fingerprint density at radius 2 is 1.17 bits per heavy atom. The van der Waals surface area contributed by atoms with E-state index in [1.165, 1.54) is 57.5 Å².